The molecule has 0 radical (unpaired) electrons. The van der Waals surface area contributed by atoms with E-state index in [1.165, 1.54) is 44.1 Å². The van der Waals surface area contributed by atoms with Crippen LogP contribution < -0.4 is 0 Å². The molecule has 4 heteroatoms. The zero-order valence-electron chi connectivity index (χ0n) is 19.1. The van der Waals surface area contributed by atoms with Gasteiger partial charge in [0.1, 0.15) is 11.9 Å². The minimum atomic E-state index is -0.621. The van der Waals surface area contributed by atoms with Crippen LogP contribution >= 0.6 is 0 Å². The van der Waals surface area contributed by atoms with Crippen LogP contribution in [0.5, 0.6) is 0 Å². The van der Waals surface area contributed by atoms with Gasteiger partial charge in [-0.05, 0) is 91.8 Å². The van der Waals surface area contributed by atoms with Gasteiger partial charge in [-0.15, -0.1) is 0 Å². The van der Waals surface area contributed by atoms with Crippen molar-refractivity contribution in [3.05, 3.63) is 47.3 Å². The fraction of sp³-hybridized carbons (Fsp3) is 0.704. The third-order valence-corrected chi connectivity index (χ3v) is 9.02. The maximum atomic E-state index is 10.2. The van der Waals surface area contributed by atoms with E-state index in [0.29, 0.717) is 41.9 Å². The Labute approximate surface area is 186 Å². The monoisotopic (exact) mass is 426 g/mol. The molecule has 4 saturated carbocycles. The summed E-state index contributed by atoms with van der Waals surface area (Å²) in [4.78, 5) is 11.4. The Morgan fingerprint density at radius 2 is 2.00 bits per heavy atom. The first-order valence-electron chi connectivity index (χ1n) is 12.4. The Bertz CT molecular complexity index is 819. The molecule has 2 N–H and O–H groups in total. The van der Waals surface area contributed by atoms with Gasteiger partial charge in [0.15, 0.2) is 0 Å². The molecule has 1 aliphatic heterocycles. The Morgan fingerprint density at radius 3 is 2.77 bits per heavy atom. The molecule has 5 rings (SSSR count). The first kappa shape index (κ1) is 21.5. The van der Waals surface area contributed by atoms with Crippen molar-refractivity contribution < 1.29 is 20.0 Å². The average Bonchev–Trinajstić information content (AvgIpc) is 3.35. The van der Waals surface area contributed by atoms with Crippen molar-refractivity contribution in [3.8, 4) is 0 Å². The molecule has 0 spiro atoms. The first-order chi connectivity index (χ1) is 14.9. The van der Waals surface area contributed by atoms with E-state index in [2.05, 4.69) is 38.7 Å². The Morgan fingerprint density at radius 1 is 1.19 bits per heavy atom. The molecule has 4 fully saturated rings. The molecule has 1 heterocycles. The Kier molecular flexibility index (Phi) is 5.69. The highest BCUT2D eigenvalue weighted by molar-refractivity contribution is 5.38. The number of aliphatic hydroxyl groups is 2. The van der Waals surface area contributed by atoms with E-state index in [-0.39, 0.29) is 6.10 Å². The van der Waals surface area contributed by atoms with Crippen LogP contribution in [0.4, 0.5) is 0 Å². The lowest BCUT2D eigenvalue weighted by atomic mass is 9.60. The van der Waals surface area contributed by atoms with Crippen molar-refractivity contribution in [1.82, 2.24) is 0 Å². The van der Waals surface area contributed by atoms with E-state index in [9.17, 15) is 10.2 Å². The zero-order chi connectivity index (χ0) is 21.8. The van der Waals surface area contributed by atoms with Gasteiger partial charge in [0.05, 0.1) is 12.2 Å². The van der Waals surface area contributed by atoms with Gasteiger partial charge in [0.2, 0.25) is 0 Å². The summed E-state index contributed by atoms with van der Waals surface area (Å²) in [6, 6.07) is 0. The quantitative estimate of drug-likeness (QED) is 0.592. The summed E-state index contributed by atoms with van der Waals surface area (Å²) in [5.41, 5.74) is 3.61. The summed E-state index contributed by atoms with van der Waals surface area (Å²) >= 11 is 0. The molecule has 0 saturated heterocycles. The fourth-order valence-corrected chi connectivity index (χ4v) is 6.98. The Hall–Kier alpha value is -1.36. The third-order valence-electron chi connectivity index (χ3n) is 9.02. The zero-order valence-corrected chi connectivity index (χ0v) is 19.1. The van der Waals surface area contributed by atoms with E-state index < -0.39 is 12.2 Å². The summed E-state index contributed by atoms with van der Waals surface area (Å²) in [7, 11) is 0. The molecule has 31 heavy (non-hydrogen) atoms. The highest BCUT2D eigenvalue weighted by Gasteiger charge is 2.52. The van der Waals surface area contributed by atoms with E-state index in [4.69, 9.17) is 9.78 Å². The smallest absolute Gasteiger partial charge is 0.144 e. The molecule has 0 amide bonds. The van der Waals surface area contributed by atoms with Crippen LogP contribution in [0.25, 0.3) is 0 Å². The molecule has 7 atom stereocenters. The molecular weight excluding hydrogens is 388 g/mol. The molecule has 0 aromatic rings. The van der Waals surface area contributed by atoms with Gasteiger partial charge < -0.3 is 15.1 Å². The molecule has 3 unspecified atom stereocenters. The summed E-state index contributed by atoms with van der Waals surface area (Å²) < 4.78 is 0. The summed E-state index contributed by atoms with van der Waals surface area (Å²) in [6.07, 6.45) is 15.3. The van der Waals surface area contributed by atoms with Gasteiger partial charge in [-0.25, -0.2) is 0 Å². The SMILES string of the molecule is C=C1C(=CC=C2CCC[C@@]3(C)C2CC[C@@H]3C(C)C2C=C(C3CC3)OO2)C[C@@H](O)C[C@@H]1O. The van der Waals surface area contributed by atoms with Crippen molar-refractivity contribution in [2.75, 3.05) is 0 Å². The highest BCUT2D eigenvalue weighted by Crippen LogP contribution is 2.60. The molecule has 0 bridgehead atoms. The van der Waals surface area contributed by atoms with Gasteiger partial charge in [0.25, 0.3) is 0 Å². The van der Waals surface area contributed by atoms with E-state index in [1.54, 1.807) is 0 Å². The number of fused-ring (bicyclic) bond motifs is 1. The fourth-order valence-electron chi connectivity index (χ4n) is 6.98. The lowest BCUT2D eigenvalue weighted by Crippen LogP contribution is -2.39. The van der Waals surface area contributed by atoms with Gasteiger partial charge in [-0.3, -0.25) is 0 Å². The highest BCUT2D eigenvalue weighted by atomic mass is 17.2. The van der Waals surface area contributed by atoms with E-state index in [0.717, 1.165) is 23.3 Å². The van der Waals surface area contributed by atoms with Crippen LogP contribution in [0.3, 0.4) is 0 Å². The molecule has 4 aliphatic carbocycles. The van der Waals surface area contributed by atoms with Crippen molar-refractivity contribution in [3.63, 3.8) is 0 Å². The van der Waals surface area contributed by atoms with Crippen LogP contribution in [0.2, 0.25) is 0 Å². The second-order valence-corrected chi connectivity index (χ2v) is 11.0. The van der Waals surface area contributed by atoms with Crippen molar-refractivity contribution in [1.29, 1.82) is 0 Å². The maximum Gasteiger partial charge on any atom is 0.144 e. The number of rotatable bonds is 4. The van der Waals surface area contributed by atoms with Crippen LogP contribution in [-0.2, 0) is 9.78 Å². The van der Waals surface area contributed by atoms with E-state index in [1.807, 2.05) is 0 Å². The van der Waals surface area contributed by atoms with Gasteiger partial charge in [-0.2, -0.15) is 4.89 Å². The Balaban J connectivity index is 1.33. The predicted octanol–water partition coefficient (Wildman–Crippen LogP) is 5.39. The van der Waals surface area contributed by atoms with Crippen molar-refractivity contribution in [2.24, 2.45) is 29.1 Å². The third kappa shape index (κ3) is 3.96. The lowest BCUT2D eigenvalue weighted by molar-refractivity contribution is -0.278. The summed E-state index contributed by atoms with van der Waals surface area (Å²) in [6.45, 7) is 8.92. The molecule has 5 aliphatic rings. The van der Waals surface area contributed by atoms with Crippen LogP contribution in [-0.4, -0.2) is 28.5 Å². The number of aliphatic hydroxyl groups excluding tert-OH is 2. The van der Waals surface area contributed by atoms with Crippen molar-refractivity contribution >= 4 is 0 Å². The maximum absolute atomic E-state index is 10.2. The number of allylic oxidation sites excluding steroid dienone is 4. The van der Waals surface area contributed by atoms with Gasteiger partial charge >= 0.3 is 0 Å². The minimum Gasteiger partial charge on any atom is -0.393 e. The second-order valence-electron chi connectivity index (χ2n) is 11.0. The topological polar surface area (TPSA) is 58.9 Å². The molecule has 170 valence electrons. The van der Waals surface area contributed by atoms with Crippen molar-refractivity contribution in [2.45, 2.75) is 89.9 Å². The normalized spacial score (nSPS) is 44.3. The summed E-state index contributed by atoms with van der Waals surface area (Å²) in [5.74, 6) is 3.36. The molecule has 0 aromatic carbocycles. The predicted molar refractivity (Wildman–Crippen MR) is 121 cm³/mol. The number of hydrogen-bond donors (Lipinski definition) is 2. The largest absolute Gasteiger partial charge is 0.393 e. The molecular formula is C27H38O4. The van der Waals surface area contributed by atoms with Gasteiger partial charge in [-0.1, -0.05) is 38.2 Å². The van der Waals surface area contributed by atoms with E-state index >= 15 is 0 Å². The molecule has 0 aromatic heterocycles. The molecule has 4 nitrogen and oxygen atoms in total. The van der Waals surface area contributed by atoms with Crippen LogP contribution in [0.15, 0.2) is 47.3 Å². The lowest BCUT2D eigenvalue weighted by Gasteiger charge is -2.44. The van der Waals surface area contributed by atoms with Gasteiger partial charge in [0, 0.05) is 12.3 Å². The summed E-state index contributed by atoms with van der Waals surface area (Å²) in [5, 5.41) is 20.2. The first-order valence-corrected chi connectivity index (χ1v) is 12.4. The van der Waals surface area contributed by atoms with Crippen LogP contribution in [0.1, 0.15) is 71.6 Å². The minimum absolute atomic E-state index is 0.0844. The second kappa shape index (κ2) is 8.20. The van der Waals surface area contributed by atoms with Crippen LogP contribution in [0, 0.1) is 29.1 Å². The number of hydrogen-bond acceptors (Lipinski definition) is 4. The standard InChI is InChI=1S/C27H38O4/c1-16-20(13-21(28)14-24(16)29)9-6-18-5-4-12-27(3)22(10-11-23(18)27)17(2)25-15-26(31-30-25)19-7-8-19/h6,9,15,17,19,21-25,28-29H,1,4-5,7-8,10-14H2,2-3H3/t17?,21-,22-,23?,24+,25?,27-/m1/s1. The average molecular weight is 427 g/mol.